The van der Waals surface area contributed by atoms with Crippen LogP contribution in [0.25, 0.3) is 0 Å². The Labute approximate surface area is 374 Å². The van der Waals surface area contributed by atoms with Crippen molar-refractivity contribution in [1.82, 2.24) is 0 Å². The second-order valence-corrected chi connectivity index (χ2v) is 17.8. The third kappa shape index (κ3) is 48.1. The zero-order chi connectivity index (χ0) is 44.8. The fourth-order valence-corrected chi connectivity index (χ4v) is 6.47. The number of phosphoric ester groups is 1. The fourth-order valence-electron chi connectivity index (χ4n) is 5.74. The van der Waals surface area contributed by atoms with E-state index in [1.807, 2.05) is 21.1 Å². The monoisotopic (exact) mass is 870 g/mol. The molecule has 9 heteroatoms. The van der Waals surface area contributed by atoms with Crippen LogP contribution in [0.15, 0.2) is 109 Å². The Kier molecular flexibility index (Phi) is 41.8. The predicted octanol–water partition coefficient (Wildman–Crippen LogP) is 13.8. The third-order valence-corrected chi connectivity index (χ3v) is 10.3. The first-order valence-corrected chi connectivity index (χ1v) is 25.1. The summed E-state index contributed by atoms with van der Waals surface area (Å²) in [5.74, 6) is -0.369. The van der Waals surface area contributed by atoms with Gasteiger partial charge in [-0.05, 0) is 96.3 Å². The van der Waals surface area contributed by atoms with E-state index in [1.165, 1.54) is 19.3 Å². The summed E-state index contributed by atoms with van der Waals surface area (Å²) in [4.78, 5) is 25.1. The molecule has 0 fully saturated rings. The van der Waals surface area contributed by atoms with Gasteiger partial charge in [0.05, 0.1) is 34.4 Å². The smallest absolute Gasteiger partial charge is 0.306 e. The standard InChI is InChI=1S/C52H88NO7P/c1-6-8-10-12-14-16-18-20-22-24-25-26-27-28-29-30-31-33-35-37-39-41-43-45-52(54)60-51(50-59-61(55,56)58-48-46-53(3,4)5)49-57-47-44-42-40-38-36-34-32-23-21-19-17-15-13-11-9-7-2/h8-11,14-17,20-23,25-26,28-29,31,33,51H,6-7,12-13,18-19,24,27,30,32,34-50H2,1-5H3/b10-8-,11-9-,16-14-,17-15-,22-20-,23-21-,26-25-,29-28-,33-31-. The van der Waals surface area contributed by atoms with Gasteiger partial charge in [0.15, 0.2) is 0 Å². The number of esters is 1. The topological polar surface area (TPSA) is 94.1 Å². The normalized spacial score (nSPS) is 14.7. The first kappa shape index (κ1) is 58.2. The van der Waals surface area contributed by atoms with Crippen LogP contribution < -0.4 is 4.89 Å². The summed E-state index contributed by atoms with van der Waals surface area (Å²) in [5, 5.41) is 0. The van der Waals surface area contributed by atoms with E-state index in [0.717, 1.165) is 116 Å². The minimum Gasteiger partial charge on any atom is -0.756 e. The molecule has 0 saturated heterocycles. The average molecular weight is 870 g/mol. The molecule has 0 N–H and O–H groups in total. The van der Waals surface area contributed by atoms with Crippen molar-refractivity contribution in [3.63, 3.8) is 0 Å². The number of carbonyl (C=O) groups is 1. The number of phosphoric acid groups is 1. The molecule has 0 amide bonds. The van der Waals surface area contributed by atoms with Gasteiger partial charge in [-0.3, -0.25) is 9.36 Å². The van der Waals surface area contributed by atoms with E-state index in [-0.39, 0.29) is 32.2 Å². The Bertz CT molecular complexity index is 1340. The van der Waals surface area contributed by atoms with Crippen molar-refractivity contribution in [1.29, 1.82) is 0 Å². The van der Waals surface area contributed by atoms with Gasteiger partial charge in [-0.1, -0.05) is 162 Å². The maximum Gasteiger partial charge on any atom is 0.306 e. The van der Waals surface area contributed by atoms with Gasteiger partial charge in [0.25, 0.3) is 7.82 Å². The summed E-state index contributed by atoms with van der Waals surface area (Å²) in [7, 11) is 1.31. The van der Waals surface area contributed by atoms with Gasteiger partial charge in [-0.15, -0.1) is 0 Å². The second kappa shape index (κ2) is 43.8. The number of rotatable bonds is 42. The van der Waals surface area contributed by atoms with E-state index < -0.39 is 13.9 Å². The molecular formula is C52H88NO7P. The quantitative estimate of drug-likeness (QED) is 0.0198. The highest BCUT2D eigenvalue weighted by molar-refractivity contribution is 7.45. The number of hydrogen-bond acceptors (Lipinski definition) is 7. The highest BCUT2D eigenvalue weighted by Gasteiger charge is 2.20. The van der Waals surface area contributed by atoms with Crippen molar-refractivity contribution in [2.75, 3.05) is 54.1 Å². The Morgan fingerprint density at radius 2 is 0.902 bits per heavy atom. The van der Waals surface area contributed by atoms with E-state index in [9.17, 15) is 14.3 Å². The van der Waals surface area contributed by atoms with Crippen molar-refractivity contribution >= 4 is 13.8 Å². The molecule has 0 aromatic rings. The number of ether oxygens (including phenoxy) is 2. The van der Waals surface area contributed by atoms with Crippen molar-refractivity contribution in [3.05, 3.63) is 109 Å². The number of nitrogens with zero attached hydrogens (tertiary/aromatic N) is 1. The van der Waals surface area contributed by atoms with Crippen LogP contribution in [0.5, 0.6) is 0 Å². The van der Waals surface area contributed by atoms with Crippen molar-refractivity contribution < 1.29 is 37.3 Å². The largest absolute Gasteiger partial charge is 0.756 e. The van der Waals surface area contributed by atoms with Crippen LogP contribution in [0.4, 0.5) is 0 Å². The van der Waals surface area contributed by atoms with Crippen LogP contribution in [0, 0.1) is 0 Å². The van der Waals surface area contributed by atoms with E-state index in [1.54, 1.807) is 0 Å². The highest BCUT2D eigenvalue weighted by atomic mass is 31.2. The second-order valence-electron chi connectivity index (χ2n) is 16.3. The maximum atomic E-state index is 12.7. The molecule has 0 aromatic heterocycles. The van der Waals surface area contributed by atoms with Gasteiger partial charge in [-0.2, -0.15) is 0 Å². The van der Waals surface area contributed by atoms with Gasteiger partial charge in [0.1, 0.15) is 19.3 Å². The van der Waals surface area contributed by atoms with Crippen LogP contribution in [-0.4, -0.2) is 70.7 Å². The Morgan fingerprint density at radius 1 is 0.508 bits per heavy atom. The Morgan fingerprint density at radius 3 is 1.34 bits per heavy atom. The van der Waals surface area contributed by atoms with Crippen LogP contribution in [-0.2, 0) is 27.9 Å². The molecule has 0 aliphatic carbocycles. The van der Waals surface area contributed by atoms with Gasteiger partial charge in [-0.25, -0.2) is 0 Å². The van der Waals surface area contributed by atoms with Crippen molar-refractivity contribution in [2.24, 2.45) is 0 Å². The van der Waals surface area contributed by atoms with Crippen LogP contribution in [0.1, 0.15) is 155 Å². The zero-order valence-electron chi connectivity index (χ0n) is 39.3. The van der Waals surface area contributed by atoms with Gasteiger partial charge in [0.2, 0.25) is 0 Å². The number of allylic oxidation sites excluding steroid dienone is 18. The minimum atomic E-state index is -4.55. The van der Waals surface area contributed by atoms with Crippen molar-refractivity contribution in [2.45, 2.75) is 161 Å². The fraction of sp³-hybridized carbons (Fsp3) is 0.635. The number of unbranched alkanes of at least 4 members (excludes halogenated alkanes) is 10. The van der Waals surface area contributed by atoms with Gasteiger partial charge >= 0.3 is 5.97 Å². The number of likely N-dealkylation sites (N-methyl/N-ethyl adjacent to an activating group) is 1. The molecule has 0 heterocycles. The number of carbonyl (C=O) groups excluding carboxylic acids is 1. The predicted molar refractivity (Wildman–Crippen MR) is 258 cm³/mol. The molecule has 0 aliphatic rings. The highest BCUT2D eigenvalue weighted by Crippen LogP contribution is 2.38. The molecule has 0 aromatic carbocycles. The molecule has 348 valence electrons. The molecule has 2 atom stereocenters. The van der Waals surface area contributed by atoms with Crippen LogP contribution >= 0.6 is 7.82 Å². The van der Waals surface area contributed by atoms with Gasteiger partial charge in [0, 0.05) is 13.0 Å². The lowest BCUT2D eigenvalue weighted by atomic mass is 10.1. The summed E-state index contributed by atoms with van der Waals surface area (Å²) in [5.41, 5.74) is 0. The molecule has 0 aliphatic heterocycles. The maximum absolute atomic E-state index is 12.7. The SMILES string of the molecule is CC/C=C\C/C=C\C/C=C\C/C=C\C/C=C\C/C=C\CCCCCCC(=O)OC(COCCCCCCCC/C=C\C/C=C\C/C=C\CC)COP(=O)([O-])OCC[N+](C)(C)C. The summed E-state index contributed by atoms with van der Waals surface area (Å²) >= 11 is 0. The van der Waals surface area contributed by atoms with Crippen LogP contribution in [0.3, 0.4) is 0 Å². The van der Waals surface area contributed by atoms with Gasteiger partial charge < -0.3 is 27.9 Å². The Hall–Kier alpha value is -2.84. The Balaban J connectivity index is 4.30. The summed E-state index contributed by atoms with van der Waals surface area (Å²) in [6.07, 6.45) is 61.0. The summed E-state index contributed by atoms with van der Waals surface area (Å²) in [6.45, 7) is 5.09. The number of quaternary nitrogens is 1. The number of hydrogen-bond donors (Lipinski definition) is 0. The van der Waals surface area contributed by atoms with E-state index in [4.69, 9.17) is 18.5 Å². The van der Waals surface area contributed by atoms with Crippen molar-refractivity contribution in [3.8, 4) is 0 Å². The molecular weight excluding hydrogens is 782 g/mol. The van der Waals surface area contributed by atoms with E-state index in [2.05, 4.69) is 123 Å². The average Bonchev–Trinajstić information content (AvgIpc) is 3.22. The van der Waals surface area contributed by atoms with E-state index in [0.29, 0.717) is 17.6 Å². The minimum absolute atomic E-state index is 0.0110. The molecule has 0 spiro atoms. The molecule has 0 rings (SSSR count). The first-order chi connectivity index (χ1) is 29.6. The molecule has 8 nitrogen and oxygen atoms in total. The lowest BCUT2D eigenvalue weighted by Gasteiger charge is -2.28. The molecule has 0 bridgehead atoms. The molecule has 61 heavy (non-hydrogen) atoms. The molecule has 0 saturated carbocycles. The molecule has 0 radical (unpaired) electrons. The third-order valence-electron chi connectivity index (χ3n) is 9.32. The lowest BCUT2D eigenvalue weighted by molar-refractivity contribution is -0.870. The first-order valence-electron chi connectivity index (χ1n) is 23.6. The summed E-state index contributed by atoms with van der Waals surface area (Å²) < 4.78 is 34.6. The molecule has 2 unspecified atom stereocenters. The lowest BCUT2D eigenvalue weighted by Crippen LogP contribution is -2.37. The summed E-state index contributed by atoms with van der Waals surface area (Å²) in [6, 6.07) is 0. The zero-order valence-corrected chi connectivity index (χ0v) is 40.2. The van der Waals surface area contributed by atoms with E-state index >= 15 is 0 Å². The van der Waals surface area contributed by atoms with Crippen LogP contribution in [0.2, 0.25) is 0 Å².